The summed E-state index contributed by atoms with van der Waals surface area (Å²) in [5.41, 5.74) is 1.60. The van der Waals surface area contributed by atoms with Crippen molar-refractivity contribution in [2.24, 2.45) is 5.92 Å². The summed E-state index contributed by atoms with van der Waals surface area (Å²) in [6, 6.07) is 10.6. The summed E-state index contributed by atoms with van der Waals surface area (Å²) in [6.07, 6.45) is 3.60. The standard InChI is InChI=1S/C18H19FN4S/c1-13(2)11-23-17(15-7-3-4-8-16(15)19)21-22-18(23)24-12-14-6-5-9-20-10-14/h3-10,13H,11-12H2,1-2H3. The Morgan fingerprint density at radius 3 is 2.67 bits per heavy atom. The molecular formula is C18H19FN4S. The molecule has 0 spiro atoms. The topological polar surface area (TPSA) is 43.6 Å². The molecule has 0 saturated carbocycles. The Hall–Kier alpha value is -2.21. The SMILES string of the molecule is CC(C)Cn1c(SCc2cccnc2)nnc1-c1ccccc1F. The summed E-state index contributed by atoms with van der Waals surface area (Å²) in [4.78, 5) is 4.13. The van der Waals surface area contributed by atoms with Crippen molar-refractivity contribution in [3.8, 4) is 11.4 Å². The highest BCUT2D eigenvalue weighted by atomic mass is 32.2. The maximum atomic E-state index is 14.2. The zero-order valence-corrected chi connectivity index (χ0v) is 14.5. The summed E-state index contributed by atoms with van der Waals surface area (Å²) in [5.74, 6) is 1.46. The van der Waals surface area contributed by atoms with Crippen LogP contribution in [0.2, 0.25) is 0 Å². The molecule has 0 unspecified atom stereocenters. The Morgan fingerprint density at radius 1 is 1.12 bits per heavy atom. The summed E-state index contributed by atoms with van der Waals surface area (Å²) < 4.78 is 16.2. The normalized spacial score (nSPS) is 11.2. The van der Waals surface area contributed by atoms with E-state index < -0.39 is 0 Å². The number of thioether (sulfide) groups is 1. The van der Waals surface area contributed by atoms with Crippen LogP contribution >= 0.6 is 11.8 Å². The van der Waals surface area contributed by atoms with E-state index in [9.17, 15) is 4.39 Å². The van der Waals surface area contributed by atoms with Gasteiger partial charge in [0.25, 0.3) is 0 Å². The van der Waals surface area contributed by atoms with E-state index in [2.05, 4.69) is 29.0 Å². The molecule has 2 heterocycles. The predicted octanol–water partition coefficient (Wildman–Crippen LogP) is 4.43. The van der Waals surface area contributed by atoms with Crippen molar-refractivity contribution in [1.82, 2.24) is 19.7 Å². The van der Waals surface area contributed by atoms with Gasteiger partial charge in [0.1, 0.15) is 5.82 Å². The number of benzene rings is 1. The summed E-state index contributed by atoms with van der Waals surface area (Å²) in [5, 5.41) is 9.34. The highest BCUT2D eigenvalue weighted by molar-refractivity contribution is 7.98. The van der Waals surface area contributed by atoms with Crippen molar-refractivity contribution in [2.75, 3.05) is 0 Å². The largest absolute Gasteiger partial charge is 0.302 e. The first-order chi connectivity index (χ1) is 11.6. The Bertz CT molecular complexity index is 802. The van der Waals surface area contributed by atoms with E-state index in [1.165, 1.54) is 6.07 Å². The maximum Gasteiger partial charge on any atom is 0.191 e. The number of hydrogen-bond donors (Lipinski definition) is 0. The van der Waals surface area contributed by atoms with Crippen molar-refractivity contribution in [3.05, 3.63) is 60.2 Å². The second kappa shape index (κ2) is 7.57. The number of nitrogens with zero attached hydrogens (tertiary/aromatic N) is 4. The highest BCUT2D eigenvalue weighted by Crippen LogP contribution is 2.28. The Morgan fingerprint density at radius 2 is 1.96 bits per heavy atom. The fraction of sp³-hybridized carbons (Fsp3) is 0.278. The van der Waals surface area contributed by atoms with E-state index in [0.717, 1.165) is 23.0 Å². The van der Waals surface area contributed by atoms with Gasteiger partial charge in [-0.3, -0.25) is 4.98 Å². The minimum Gasteiger partial charge on any atom is -0.302 e. The van der Waals surface area contributed by atoms with Gasteiger partial charge < -0.3 is 4.57 Å². The molecule has 0 aliphatic rings. The number of aromatic nitrogens is 4. The van der Waals surface area contributed by atoms with E-state index in [0.29, 0.717) is 17.3 Å². The molecule has 0 aliphatic carbocycles. The average Bonchev–Trinajstić information content (AvgIpc) is 2.96. The molecule has 0 N–H and O–H groups in total. The third kappa shape index (κ3) is 3.82. The first kappa shape index (κ1) is 16.6. The van der Waals surface area contributed by atoms with Gasteiger partial charge in [-0.05, 0) is 29.7 Å². The van der Waals surface area contributed by atoms with Gasteiger partial charge in [-0.2, -0.15) is 0 Å². The monoisotopic (exact) mass is 342 g/mol. The quantitative estimate of drug-likeness (QED) is 0.622. The molecule has 6 heteroatoms. The summed E-state index contributed by atoms with van der Waals surface area (Å²) in [6.45, 7) is 4.99. The highest BCUT2D eigenvalue weighted by Gasteiger charge is 2.17. The molecule has 0 saturated heterocycles. The molecule has 24 heavy (non-hydrogen) atoms. The van der Waals surface area contributed by atoms with E-state index in [1.807, 2.05) is 29.0 Å². The molecule has 124 valence electrons. The van der Waals surface area contributed by atoms with Crippen LogP contribution in [0, 0.1) is 11.7 Å². The molecule has 0 aliphatic heterocycles. The number of hydrogen-bond acceptors (Lipinski definition) is 4. The van der Waals surface area contributed by atoms with E-state index in [-0.39, 0.29) is 5.82 Å². The first-order valence-corrected chi connectivity index (χ1v) is 8.83. The predicted molar refractivity (Wildman–Crippen MR) is 94.1 cm³/mol. The van der Waals surface area contributed by atoms with Gasteiger partial charge in [-0.1, -0.05) is 43.8 Å². The third-order valence-corrected chi connectivity index (χ3v) is 4.51. The van der Waals surface area contributed by atoms with Gasteiger partial charge in [0, 0.05) is 24.7 Å². The van der Waals surface area contributed by atoms with Gasteiger partial charge >= 0.3 is 0 Å². The van der Waals surface area contributed by atoms with Crippen LogP contribution in [0.25, 0.3) is 11.4 Å². The molecule has 1 aromatic carbocycles. The lowest BCUT2D eigenvalue weighted by Crippen LogP contribution is -2.08. The van der Waals surface area contributed by atoms with Crippen LogP contribution in [0.3, 0.4) is 0 Å². The van der Waals surface area contributed by atoms with E-state index in [1.54, 1.807) is 30.1 Å². The van der Waals surface area contributed by atoms with Crippen LogP contribution in [0.15, 0.2) is 53.9 Å². The van der Waals surface area contributed by atoms with Gasteiger partial charge in [-0.15, -0.1) is 10.2 Å². The van der Waals surface area contributed by atoms with Crippen LogP contribution in [0.5, 0.6) is 0 Å². The second-order valence-electron chi connectivity index (χ2n) is 5.94. The molecule has 0 fully saturated rings. The Labute approximate surface area is 145 Å². The number of pyridine rings is 1. The van der Waals surface area contributed by atoms with Crippen LogP contribution in [0.4, 0.5) is 4.39 Å². The molecule has 0 amide bonds. The lowest BCUT2D eigenvalue weighted by molar-refractivity contribution is 0.496. The minimum absolute atomic E-state index is 0.279. The lowest BCUT2D eigenvalue weighted by atomic mass is 10.2. The fourth-order valence-corrected chi connectivity index (χ4v) is 3.28. The smallest absolute Gasteiger partial charge is 0.191 e. The van der Waals surface area contributed by atoms with Gasteiger partial charge in [0.2, 0.25) is 0 Å². The zero-order chi connectivity index (χ0) is 16.9. The van der Waals surface area contributed by atoms with Gasteiger partial charge in [-0.25, -0.2) is 4.39 Å². The Kier molecular flexibility index (Phi) is 5.25. The molecule has 4 nitrogen and oxygen atoms in total. The molecule has 2 aromatic heterocycles. The van der Waals surface area contributed by atoms with Crippen molar-refractivity contribution < 1.29 is 4.39 Å². The molecule has 3 rings (SSSR count). The zero-order valence-electron chi connectivity index (χ0n) is 13.7. The van der Waals surface area contributed by atoms with E-state index in [4.69, 9.17) is 0 Å². The Balaban J connectivity index is 1.91. The molecule has 0 radical (unpaired) electrons. The van der Waals surface area contributed by atoms with Crippen LogP contribution in [-0.2, 0) is 12.3 Å². The first-order valence-electron chi connectivity index (χ1n) is 7.85. The fourth-order valence-electron chi connectivity index (χ4n) is 2.40. The van der Waals surface area contributed by atoms with Gasteiger partial charge in [0.05, 0.1) is 5.56 Å². The van der Waals surface area contributed by atoms with Crippen molar-refractivity contribution in [1.29, 1.82) is 0 Å². The van der Waals surface area contributed by atoms with Crippen molar-refractivity contribution in [3.63, 3.8) is 0 Å². The van der Waals surface area contributed by atoms with E-state index >= 15 is 0 Å². The second-order valence-corrected chi connectivity index (χ2v) is 6.88. The molecule has 0 bridgehead atoms. The minimum atomic E-state index is -0.279. The van der Waals surface area contributed by atoms with Crippen molar-refractivity contribution >= 4 is 11.8 Å². The third-order valence-electron chi connectivity index (χ3n) is 3.47. The molecule has 0 atom stereocenters. The van der Waals surface area contributed by atoms with Crippen molar-refractivity contribution in [2.45, 2.75) is 31.3 Å². The van der Waals surface area contributed by atoms with Crippen LogP contribution in [-0.4, -0.2) is 19.7 Å². The molecular weight excluding hydrogens is 323 g/mol. The lowest BCUT2D eigenvalue weighted by Gasteiger charge is -2.12. The number of halogens is 1. The summed E-state index contributed by atoms with van der Waals surface area (Å²) >= 11 is 1.59. The maximum absolute atomic E-state index is 14.2. The molecule has 3 aromatic rings. The number of rotatable bonds is 6. The average molecular weight is 342 g/mol. The van der Waals surface area contributed by atoms with Crippen LogP contribution in [0.1, 0.15) is 19.4 Å². The van der Waals surface area contributed by atoms with Crippen LogP contribution < -0.4 is 0 Å². The van der Waals surface area contributed by atoms with Gasteiger partial charge in [0.15, 0.2) is 11.0 Å². The summed E-state index contributed by atoms with van der Waals surface area (Å²) in [7, 11) is 0.